The lowest BCUT2D eigenvalue weighted by Gasteiger charge is -1.83. The Bertz CT molecular complexity index is 142. The molecule has 0 atom stereocenters. The molecular weight excluding hydrogens is 200 g/mol. The van der Waals surface area contributed by atoms with Crippen LogP contribution in [0.1, 0.15) is 64.2 Å². The van der Waals surface area contributed by atoms with Gasteiger partial charge < -0.3 is 4.74 Å². The smallest absolute Gasteiger partial charge is 0.329 e. The molecule has 0 spiro atoms. The summed E-state index contributed by atoms with van der Waals surface area (Å²) in [5.74, 6) is -0.394. The second-order valence-electron chi connectivity index (χ2n) is 4.26. The molecule has 0 amide bonds. The molecule has 2 fully saturated rings. The van der Waals surface area contributed by atoms with Crippen molar-refractivity contribution in [2.24, 2.45) is 0 Å². The molecule has 94 valence electrons. The van der Waals surface area contributed by atoms with Gasteiger partial charge in [-0.2, -0.15) is 0 Å². The number of hydrogen-bond donors (Lipinski definition) is 0. The minimum absolute atomic E-state index is 0.394. The Kier molecular flexibility index (Phi) is 11.7. The zero-order valence-electron chi connectivity index (χ0n) is 10.7. The SMILES string of the molecule is C1CCCC1.C1CCCC1.C=CC(=O)OC. The predicted molar refractivity (Wildman–Crippen MR) is 68.4 cm³/mol. The number of esters is 1. The summed E-state index contributed by atoms with van der Waals surface area (Å²) < 4.78 is 4.14. The van der Waals surface area contributed by atoms with E-state index in [1.165, 1.54) is 71.3 Å². The summed E-state index contributed by atoms with van der Waals surface area (Å²) in [6.45, 7) is 3.16. The molecule has 16 heavy (non-hydrogen) atoms. The average molecular weight is 226 g/mol. The standard InChI is InChI=1S/2C5H10.C4H6O2/c2*1-2-4-5-3-1;1-3-4(5)6-2/h2*1-5H2;3H,1H2,2H3. The zero-order valence-corrected chi connectivity index (χ0v) is 10.7. The molecule has 0 heterocycles. The van der Waals surface area contributed by atoms with Gasteiger partial charge in [-0.1, -0.05) is 70.8 Å². The van der Waals surface area contributed by atoms with Crippen LogP contribution in [-0.2, 0) is 9.53 Å². The summed E-state index contributed by atoms with van der Waals surface area (Å²) >= 11 is 0. The van der Waals surface area contributed by atoms with Crippen LogP contribution in [0.4, 0.5) is 0 Å². The Hall–Kier alpha value is -0.790. The third-order valence-corrected chi connectivity index (χ3v) is 2.87. The molecule has 0 radical (unpaired) electrons. The zero-order chi connectivity index (χ0) is 12.1. The van der Waals surface area contributed by atoms with Gasteiger partial charge in [-0.05, 0) is 0 Å². The summed E-state index contributed by atoms with van der Waals surface area (Å²) in [6.07, 6.45) is 16.1. The lowest BCUT2D eigenvalue weighted by molar-refractivity contribution is -0.134. The Morgan fingerprint density at radius 3 is 1.19 bits per heavy atom. The van der Waals surface area contributed by atoms with E-state index in [0.29, 0.717) is 0 Å². The molecule has 2 aliphatic rings. The highest BCUT2D eigenvalue weighted by atomic mass is 16.5. The maximum atomic E-state index is 9.84. The van der Waals surface area contributed by atoms with E-state index in [-0.39, 0.29) is 0 Å². The van der Waals surface area contributed by atoms with Crippen LogP contribution in [-0.4, -0.2) is 13.1 Å². The van der Waals surface area contributed by atoms with E-state index in [0.717, 1.165) is 6.08 Å². The highest BCUT2D eigenvalue weighted by molar-refractivity contribution is 5.80. The molecule has 2 saturated carbocycles. The average Bonchev–Trinajstić information content (AvgIpc) is 3.03. The fourth-order valence-corrected chi connectivity index (χ4v) is 1.85. The van der Waals surface area contributed by atoms with E-state index in [1.807, 2.05) is 0 Å². The summed E-state index contributed by atoms with van der Waals surface area (Å²) in [4.78, 5) is 9.84. The second-order valence-corrected chi connectivity index (χ2v) is 4.26. The van der Waals surface area contributed by atoms with Crippen molar-refractivity contribution >= 4 is 5.97 Å². The normalized spacial score (nSPS) is 17.6. The van der Waals surface area contributed by atoms with Gasteiger partial charge >= 0.3 is 5.97 Å². The van der Waals surface area contributed by atoms with Crippen LogP contribution in [0, 0.1) is 0 Å². The van der Waals surface area contributed by atoms with Gasteiger partial charge in [-0.3, -0.25) is 0 Å². The van der Waals surface area contributed by atoms with E-state index in [9.17, 15) is 4.79 Å². The molecular formula is C14H26O2. The first kappa shape index (κ1) is 15.2. The topological polar surface area (TPSA) is 26.3 Å². The van der Waals surface area contributed by atoms with E-state index in [2.05, 4.69) is 11.3 Å². The van der Waals surface area contributed by atoms with Gasteiger partial charge in [0.25, 0.3) is 0 Å². The predicted octanol–water partition coefficient (Wildman–Crippen LogP) is 4.25. The number of carbonyl (C=O) groups is 1. The molecule has 0 N–H and O–H groups in total. The Morgan fingerprint density at radius 1 is 0.875 bits per heavy atom. The van der Waals surface area contributed by atoms with Crippen LogP contribution in [0.3, 0.4) is 0 Å². The molecule has 2 nitrogen and oxygen atoms in total. The molecule has 0 aromatic heterocycles. The van der Waals surface area contributed by atoms with Gasteiger partial charge in [0, 0.05) is 6.08 Å². The Labute approximate surface area is 100 Å². The van der Waals surface area contributed by atoms with E-state index >= 15 is 0 Å². The van der Waals surface area contributed by atoms with Crippen LogP contribution in [0.15, 0.2) is 12.7 Å². The van der Waals surface area contributed by atoms with Gasteiger partial charge in [-0.15, -0.1) is 0 Å². The number of rotatable bonds is 1. The molecule has 2 rings (SSSR count). The summed E-state index contributed by atoms with van der Waals surface area (Å²) in [5.41, 5.74) is 0. The minimum Gasteiger partial charge on any atom is -0.466 e. The summed E-state index contributed by atoms with van der Waals surface area (Å²) in [5, 5.41) is 0. The van der Waals surface area contributed by atoms with Crippen LogP contribution in [0.25, 0.3) is 0 Å². The molecule has 0 aromatic carbocycles. The molecule has 0 aromatic rings. The summed E-state index contributed by atoms with van der Waals surface area (Å²) in [7, 11) is 1.31. The summed E-state index contributed by atoms with van der Waals surface area (Å²) in [6, 6.07) is 0. The Morgan fingerprint density at radius 2 is 1.12 bits per heavy atom. The van der Waals surface area contributed by atoms with Crippen molar-refractivity contribution in [2.75, 3.05) is 7.11 Å². The van der Waals surface area contributed by atoms with Crippen LogP contribution in [0.2, 0.25) is 0 Å². The molecule has 0 aliphatic heterocycles. The van der Waals surface area contributed by atoms with Gasteiger partial charge in [-0.25, -0.2) is 4.79 Å². The van der Waals surface area contributed by atoms with E-state index in [4.69, 9.17) is 0 Å². The second kappa shape index (κ2) is 12.3. The van der Waals surface area contributed by atoms with Crippen molar-refractivity contribution in [1.82, 2.24) is 0 Å². The number of carbonyl (C=O) groups excluding carboxylic acids is 1. The van der Waals surface area contributed by atoms with Crippen molar-refractivity contribution in [2.45, 2.75) is 64.2 Å². The van der Waals surface area contributed by atoms with Gasteiger partial charge in [0.15, 0.2) is 0 Å². The van der Waals surface area contributed by atoms with Gasteiger partial charge in [0.2, 0.25) is 0 Å². The third kappa shape index (κ3) is 11.3. The first-order valence-corrected chi connectivity index (χ1v) is 6.51. The molecule has 0 bridgehead atoms. The monoisotopic (exact) mass is 226 g/mol. The van der Waals surface area contributed by atoms with E-state index < -0.39 is 5.97 Å². The number of methoxy groups -OCH3 is 1. The maximum Gasteiger partial charge on any atom is 0.329 e. The van der Waals surface area contributed by atoms with Crippen LogP contribution in [0.5, 0.6) is 0 Å². The fraction of sp³-hybridized carbons (Fsp3) is 0.786. The van der Waals surface area contributed by atoms with Crippen molar-refractivity contribution in [3.8, 4) is 0 Å². The van der Waals surface area contributed by atoms with Crippen molar-refractivity contribution in [3.63, 3.8) is 0 Å². The van der Waals surface area contributed by atoms with Crippen molar-refractivity contribution in [3.05, 3.63) is 12.7 Å². The first-order valence-electron chi connectivity index (χ1n) is 6.51. The van der Waals surface area contributed by atoms with Crippen LogP contribution >= 0.6 is 0 Å². The lowest BCUT2D eigenvalue weighted by atomic mass is 10.4. The lowest BCUT2D eigenvalue weighted by Crippen LogP contribution is -1.91. The maximum absolute atomic E-state index is 9.84. The van der Waals surface area contributed by atoms with Gasteiger partial charge in [0.1, 0.15) is 0 Å². The van der Waals surface area contributed by atoms with Crippen molar-refractivity contribution in [1.29, 1.82) is 0 Å². The minimum atomic E-state index is -0.394. The Balaban J connectivity index is 0.000000211. The number of ether oxygens (including phenoxy) is 1. The van der Waals surface area contributed by atoms with Crippen molar-refractivity contribution < 1.29 is 9.53 Å². The number of hydrogen-bond acceptors (Lipinski definition) is 2. The van der Waals surface area contributed by atoms with Crippen LogP contribution < -0.4 is 0 Å². The first-order chi connectivity index (χ1) is 7.81. The highest BCUT2D eigenvalue weighted by Crippen LogP contribution is 2.15. The highest BCUT2D eigenvalue weighted by Gasteiger charge is 1.95. The largest absolute Gasteiger partial charge is 0.466 e. The van der Waals surface area contributed by atoms with Gasteiger partial charge in [0.05, 0.1) is 7.11 Å². The fourth-order valence-electron chi connectivity index (χ4n) is 1.85. The molecule has 2 heteroatoms. The third-order valence-electron chi connectivity index (χ3n) is 2.87. The molecule has 0 unspecified atom stereocenters. The quantitative estimate of drug-likeness (QED) is 0.493. The van der Waals surface area contributed by atoms with E-state index in [1.54, 1.807) is 0 Å². The molecule has 0 saturated heterocycles. The molecule has 2 aliphatic carbocycles.